The number of carbonyl (C=O) groups excluding carboxylic acids is 2. The number of nitrogens with zero attached hydrogens (tertiary/aromatic N) is 3. The fourth-order valence-corrected chi connectivity index (χ4v) is 3.54. The maximum Gasteiger partial charge on any atom is 0.293 e. The highest BCUT2D eigenvalue weighted by atomic mass is 16.6. The molecule has 1 aliphatic rings. The molecule has 1 fully saturated rings. The molecule has 0 unspecified atom stereocenters. The molecule has 164 valence electrons. The Bertz CT molecular complexity index is 953. The molecule has 1 N–H and O–H groups in total. The Morgan fingerprint density at radius 2 is 1.71 bits per heavy atom. The SMILES string of the molecule is COCc1ccc(CNC(=O)c2ccc(N3CCN(C(C)=O)CC3)c([N+](=O)[O-])c2)cc1. The highest BCUT2D eigenvalue weighted by Gasteiger charge is 2.25. The smallest absolute Gasteiger partial charge is 0.293 e. The second-order valence-electron chi connectivity index (χ2n) is 7.39. The van der Waals surface area contributed by atoms with Crippen molar-refractivity contribution >= 4 is 23.2 Å². The largest absolute Gasteiger partial charge is 0.380 e. The van der Waals surface area contributed by atoms with Gasteiger partial charge >= 0.3 is 0 Å². The Morgan fingerprint density at radius 3 is 2.29 bits per heavy atom. The van der Waals surface area contributed by atoms with E-state index >= 15 is 0 Å². The van der Waals surface area contributed by atoms with Crippen molar-refractivity contribution < 1.29 is 19.2 Å². The first-order valence-corrected chi connectivity index (χ1v) is 10.0. The maximum absolute atomic E-state index is 12.6. The molecule has 0 bridgehead atoms. The molecule has 0 atom stereocenters. The van der Waals surface area contributed by atoms with Crippen LogP contribution >= 0.6 is 0 Å². The molecule has 2 amide bonds. The normalized spacial score (nSPS) is 13.7. The zero-order chi connectivity index (χ0) is 22.4. The number of methoxy groups -OCH3 is 1. The highest BCUT2D eigenvalue weighted by Crippen LogP contribution is 2.30. The predicted octanol–water partition coefficient (Wildman–Crippen LogP) is 2.34. The van der Waals surface area contributed by atoms with Crippen LogP contribution in [0.2, 0.25) is 0 Å². The van der Waals surface area contributed by atoms with Crippen LogP contribution in [0.3, 0.4) is 0 Å². The zero-order valence-corrected chi connectivity index (χ0v) is 17.7. The number of ether oxygens (including phenoxy) is 1. The van der Waals surface area contributed by atoms with Gasteiger partial charge in [-0.15, -0.1) is 0 Å². The van der Waals surface area contributed by atoms with Crippen molar-refractivity contribution in [2.45, 2.75) is 20.1 Å². The van der Waals surface area contributed by atoms with Crippen LogP contribution in [0.25, 0.3) is 0 Å². The number of nitro groups is 1. The average Bonchev–Trinajstić information content (AvgIpc) is 2.78. The van der Waals surface area contributed by atoms with E-state index in [9.17, 15) is 19.7 Å². The van der Waals surface area contributed by atoms with Crippen LogP contribution in [0.4, 0.5) is 11.4 Å². The summed E-state index contributed by atoms with van der Waals surface area (Å²) in [6, 6.07) is 12.2. The van der Waals surface area contributed by atoms with Gasteiger partial charge in [-0.1, -0.05) is 24.3 Å². The summed E-state index contributed by atoms with van der Waals surface area (Å²) in [5, 5.41) is 14.4. The quantitative estimate of drug-likeness (QED) is 0.538. The minimum atomic E-state index is -0.474. The van der Waals surface area contributed by atoms with Crippen LogP contribution in [-0.4, -0.2) is 54.9 Å². The standard InChI is InChI=1S/C22H26N4O5/c1-16(27)24-9-11-25(12-10-24)20-8-7-19(13-21(20)26(29)30)22(28)23-14-17-3-5-18(6-4-17)15-31-2/h3-8,13H,9-12,14-15H2,1-2H3,(H,23,28). The molecule has 0 saturated carbocycles. The third-order valence-electron chi connectivity index (χ3n) is 5.29. The lowest BCUT2D eigenvalue weighted by molar-refractivity contribution is -0.384. The lowest BCUT2D eigenvalue weighted by Gasteiger charge is -2.35. The first-order chi connectivity index (χ1) is 14.9. The number of hydrogen-bond donors (Lipinski definition) is 1. The minimum Gasteiger partial charge on any atom is -0.380 e. The fraction of sp³-hybridized carbons (Fsp3) is 0.364. The van der Waals surface area contributed by atoms with Crippen molar-refractivity contribution in [1.29, 1.82) is 0 Å². The van der Waals surface area contributed by atoms with Gasteiger partial charge in [0.25, 0.3) is 11.6 Å². The number of benzene rings is 2. The van der Waals surface area contributed by atoms with E-state index in [1.54, 1.807) is 24.1 Å². The predicted molar refractivity (Wildman–Crippen MR) is 116 cm³/mol. The van der Waals surface area contributed by atoms with E-state index in [4.69, 9.17) is 4.74 Å². The summed E-state index contributed by atoms with van der Waals surface area (Å²) < 4.78 is 5.08. The van der Waals surface area contributed by atoms with Crippen LogP contribution in [0.15, 0.2) is 42.5 Å². The Morgan fingerprint density at radius 1 is 1.06 bits per heavy atom. The number of rotatable bonds is 7. The summed E-state index contributed by atoms with van der Waals surface area (Å²) in [5.41, 5.74) is 2.52. The van der Waals surface area contributed by atoms with E-state index < -0.39 is 4.92 Å². The molecule has 1 saturated heterocycles. The van der Waals surface area contributed by atoms with Gasteiger partial charge in [-0.25, -0.2) is 0 Å². The number of hydrogen-bond acceptors (Lipinski definition) is 6. The van der Waals surface area contributed by atoms with Gasteiger partial charge in [0, 0.05) is 58.4 Å². The van der Waals surface area contributed by atoms with E-state index in [1.807, 2.05) is 29.2 Å². The van der Waals surface area contributed by atoms with Crippen LogP contribution in [0.5, 0.6) is 0 Å². The Balaban J connectivity index is 1.67. The highest BCUT2D eigenvalue weighted by molar-refractivity contribution is 5.95. The molecule has 3 rings (SSSR count). The van der Waals surface area contributed by atoms with Gasteiger partial charge in [-0.3, -0.25) is 19.7 Å². The molecule has 0 aromatic heterocycles. The molecule has 0 radical (unpaired) electrons. The fourth-order valence-electron chi connectivity index (χ4n) is 3.54. The first kappa shape index (κ1) is 22.2. The van der Waals surface area contributed by atoms with Gasteiger partial charge in [-0.2, -0.15) is 0 Å². The number of anilines is 1. The molecule has 0 spiro atoms. The number of nitro benzene ring substituents is 1. The Labute approximate surface area is 180 Å². The number of nitrogens with one attached hydrogen (secondary N) is 1. The third-order valence-corrected chi connectivity index (χ3v) is 5.29. The lowest BCUT2D eigenvalue weighted by Crippen LogP contribution is -2.48. The van der Waals surface area contributed by atoms with E-state index in [0.29, 0.717) is 45.0 Å². The van der Waals surface area contributed by atoms with Crippen molar-refractivity contribution in [2.24, 2.45) is 0 Å². The Kier molecular flexibility index (Phi) is 7.19. The summed E-state index contributed by atoms with van der Waals surface area (Å²) in [7, 11) is 1.63. The average molecular weight is 426 g/mol. The molecule has 1 aliphatic heterocycles. The second kappa shape index (κ2) is 10.0. The van der Waals surface area contributed by atoms with E-state index in [1.165, 1.54) is 13.0 Å². The summed E-state index contributed by atoms with van der Waals surface area (Å²) in [5.74, 6) is -0.383. The number of amides is 2. The molecule has 2 aromatic carbocycles. The third kappa shape index (κ3) is 5.58. The second-order valence-corrected chi connectivity index (χ2v) is 7.39. The lowest BCUT2D eigenvalue weighted by atomic mass is 10.1. The topological polar surface area (TPSA) is 105 Å². The molecular weight excluding hydrogens is 400 g/mol. The van der Waals surface area contributed by atoms with E-state index in [0.717, 1.165) is 11.1 Å². The van der Waals surface area contributed by atoms with Crippen LogP contribution in [-0.2, 0) is 22.7 Å². The molecule has 9 heteroatoms. The summed E-state index contributed by atoms with van der Waals surface area (Å²) >= 11 is 0. The van der Waals surface area contributed by atoms with Gasteiger partial charge < -0.3 is 19.9 Å². The molecule has 1 heterocycles. The monoisotopic (exact) mass is 426 g/mol. The Hall–Kier alpha value is -3.46. The van der Waals surface area contributed by atoms with Crippen molar-refractivity contribution in [1.82, 2.24) is 10.2 Å². The van der Waals surface area contributed by atoms with Crippen LogP contribution < -0.4 is 10.2 Å². The molecule has 0 aliphatic carbocycles. The van der Waals surface area contributed by atoms with Gasteiger partial charge in [0.2, 0.25) is 5.91 Å². The van der Waals surface area contributed by atoms with Crippen molar-refractivity contribution in [3.05, 3.63) is 69.3 Å². The summed E-state index contributed by atoms with van der Waals surface area (Å²) in [6.07, 6.45) is 0. The van der Waals surface area contributed by atoms with Crippen molar-refractivity contribution in [3.8, 4) is 0 Å². The summed E-state index contributed by atoms with van der Waals surface area (Å²) in [6.45, 7) is 4.38. The summed E-state index contributed by atoms with van der Waals surface area (Å²) in [4.78, 5) is 38.8. The molecule has 31 heavy (non-hydrogen) atoms. The van der Waals surface area contributed by atoms with Crippen LogP contribution in [0, 0.1) is 10.1 Å². The van der Waals surface area contributed by atoms with Gasteiger partial charge in [0.05, 0.1) is 11.5 Å². The van der Waals surface area contributed by atoms with Gasteiger partial charge in [0.1, 0.15) is 5.69 Å². The van der Waals surface area contributed by atoms with Crippen LogP contribution in [0.1, 0.15) is 28.4 Å². The first-order valence-electron chi connectivity index (χ1n) is 10.0. The molecule has 9 nitrogen and oxygen atoms in total. The maximum atomic E-state index is 12.6. The minimum absolute atomic E-state index is 0.00509. The molecule has 2 aromatic rings. The number of carbonyl (C=O) groups is 2. The van der Waals surface area contributed by atoms with Gasteiger partial charge in [-0.05, 0) is 23.3 Å². The van der Waals surface area contributed by atoms with Crippen molar-refractivity contribution in [3.63, 3.8) is 0 Å². The van der Waals surface area contributed by atoms with Gasteiger partial charge in [0.15, 0.2) is 0 Å². The van der Waals surface area contributed by atoms with Crippen molar-refractivity contribution in [2.75, 3.05) is 38.2 Å². The number of piperazine rings is 1. The zero-order valence-electron chi connectivity index (χ0n) is 17.7. The molecular formula is C22H26N4O5. The van der Waals surface area contributed by atoms with E-state index in [2.05, 4.69) is 5.32 Å². The van der Waals surface area contributed by atoms with E-state index in [-0.39, 0.29) is 23.1 Å².